The first-order valence-electron chi connectivity index (χ1n) is 9.56. The number of hydrogen-bond donors (Lipinski definition) is 1. The molecule has 1 N–H and O–H groups in total. The Morgan fingerprint density at radius 3 is 2.29 bits per heavy atom. The van der Waals surface area contributed by atoms with Gasteiger partial charge in [0.2, 0.25) is 0 Å². The van der Waals surface area contributed by atoms with Crippen molar-refractivity contribution in [3.63, 3.8) is 0 Å². The number of aromatic nitrogens is 1. The Hall–Kier alpha value is -2.73. The molecule has 0 bridgehead atoms. The van der Waals surface area contributed by atoms with Crippen molar-refractivity contribution in [2.45, 2.75) is 13.0 Å². The normalized spacial score (nSPS) is 11.3. The molecule has 1 aromatic heterocycles. The quantitative estimate of drug-likeness (QED) is 0.407. The van der Waals surface area contributed by atoms with Crippen molar-refractivity contribution in [2.75, 3.05) is 6.61 Å². The Morgan fingerprint density at radius 1 is 0.903 bits per heavy atom. The van der Waals surface area contributed by atoms with Gasteiger partial charge in [0.1, 0.15) is 11.6 Å². The molecule has 7 heteroatoms. The average molecular weight is 460 g/mol. The number of fused-ring (bicyclic) bond motifs is 1. The van der Waals surface area contributed by atoms with Crippen LogP contribution < -0.4 is 5.56 Å². The molecule has 0 aliphatic carbocycles. The van der Waals surface area contributed by atoms with E-state index in [-0.39, 0.29) is 25.1 Å². The fourth-order valence-electron chi connectivity index (χ4n) is 3.80. The third-order valence-corrected chi connectivity index (χ3v) is 5.77. The lowest BCUT2D eigenvalue weighted by Crippen LogP contribution is -2.27. The summed E-state index contributed by atoms with van der Waals surface area (Å²) in [6, 6.07) is 15.5. The molecule has 3 aromatic carbocycles. The SMILES string of the molecule is O=c1c(CCO)c(-c2ccccc2Cl)c2cc(Cl)ccc2n1Cc1c(F)cccc1F. The minimum atomic E-state index is -0.743. The molecule has 3 nitrogen and oxygen atoms in total. The molecule has 0 aliphatic heterocycles. The first-order chi connectivity index (χ1) is 14.9. The Labute approximate surface area is 187 Å². The lowest BCUT2D eigenvalue weighted by molar-refractivity contribution is 0.299. The fourth-order valence-corrected chi connectivity index (χ4v) is 4.20. The number of aliphatic hydroxyl groups is 1. The fraction of sp³-hybridized carbons (Fsp3) is 0.125. The van der Waals surface area contributed by atoms with Gasteiger partial charge in [-0.2, -0.15) is 0 Å². The predicted molar refractivity (Wildman–Crippen MR) is 120 cm³/mol. The Bertz CT molecular complexity index is 1330. The number of aliphatic hydroxyl groups excluding tert-OH is 1. The molecule has 0 fully saturated rings. The van der Waals surface area contributed by atoms with Gasteiger partial charge in [-0.1, -0.05) is 47.5 Å². The van der Waals surface area contributed by atoms with E-state index in [1.165, 1.54) is 10.6 Å². The van der Waals surface area contributed by atoms with E-state index in [9.17, 15) is 18.7 Å². The third kappa shape index (κ3) is 3.97. The van der Waals surface area contributed by atoms with Crippen LogP contribution >= 0.6 is 23.2 Å². The second kappa shape index (κ2) is 8.79. The highest BCUT2D eigenvalue weighted by Gasteiger charge is 2.21. The van der Waals surface area contributed by atoms with Crippen LogP contribution in [0.25, 0.3) is 22.0 Å². The van der Waals surface area contributed by atoms with Gasteiger partial charge in [-0.3, -0.25) is 4.79 Å². The minimum Gasteiger partial charge on any atom is -0.396 e. The van der Waals surface area contributed by atoms with E-state index in [4.69, 9.17) is 23.2 Å². The van der Waals surface area contributed by atoms with E-state index in [1.807, 2.05) is 0 Å². The van der Waals surface area contributed by atoms with Crippen molar-refractivity contribution >= 4 is 34.1 Å². The highest BCUT2D eigenvalue weighted by Crippen LogP contribution is 2.36. The van der Waals surface area contributed by atoms with Gasteiger partial charge in [0.05, 0.1) is 12.1 Å². The van der Waals surface area contributed by atoms with E-state index in [2.05, 4.69) is 0 Å². The largest absolute Gasteiger partial charge is 0.396 e. The molecule has 4 rings (SSSR count). The molecule has 158 valence electrons. The topological polar surface area (TPSA) is 42.2 Å². The van der Waals surface area contributed by atoms with E-state index < -0.39 is 17.2 Å². The Kier molecular flexibility index (Phi) is 6.10. The zero-order chi connectivity index (χ0) is 22.1. The van der Waals surface area contributed by atoms with Gasteiger partial charge >= 0.3 is 0 Å². The number of benzene rings is 3. The molecule has 0 radical (unpaired) electrons. The highest BCUT2D eigenvalue weighted by molar-refractivity contribution is 6.34. The van der Waals surface area contributed by atoms with Crippen molar-refractivity contribution in [1.82, 2.24) is 4.57 Å². The number of pyridine rings is 1. The molecule has 0 unspecified atom stereocenters. The van der Waals surface area contributed by atoms with Gasteiger partial charge in [-0.25, -0.2) is 8.78 Å². The smallest absolute Gasteiger partial charge is 0.255 e. The van der Waals surface area contributed by atoms with Crippen molar-refractivity contribution in [3.8, 4) is 11.1 Å². The molecular formula is C24H17Cl2F2NO2. The molecule has 4 aromatic rings. The van der Waals surface area contributed by atoms with Crippen LogP contribution in [0.15, 0.2) is 65.5 Å². The van der Waals surface area contributed by atoms with Gasteiger partial charge in [-0.15, -0.1) is 0 Å². The maximum absolute atomic E-state index is 14.3. The third-order valence-electron chi connectivity index (χ3n) is 5.21. The number of nitrogens with zero attached hydrogens (tertiary/aromatic N) is 1. The summed E-state index contributed by atoms with van der Waals surface area (Å²) in [5.41, 5.74) is 1.23. The van der Waals surface area contributed by atoms with E-state index in [1.54, 1.807) is 42.5 Å². The second-order valence-corrected chi connectivity index (χ2v) is 7.90. The lowest BCUT2D eigenvalue weighted by Gasteiger charge is -2.19. The predicted octanol–water partition coefficient (Wildman–Crippen LogP) is 5.84. The van der Waals surface area contributed by atoms with Crippen LogP contribution in [0.4, 0.5) is 8.78 Å². The summed E-state index contributed by atoms with van der Waals surface area (Å²) >= 11 is 12.7. The molecule has 0 spiro atoms. The molecular weight excluding hydrogens is 443 g/mol. The van der Waals surface area contributed by atoms with Crippen molar-refractivity contribution in [3.05, 3.63) is 104 Å². The summed E-state index contributed by atoms with van der Waals surface area (Å²) in [5.74, 6) is -1.49. The zero-order valence-corrected chi connectivity index (χ0v) is 17.7. The molecule has 1 heterocycles. The van der Waals surface area contributed by atoms with Crippen LogP contribution in [0.5, 0.6) is 0 Å². The number of rotatable bonds is 5. The highest BCUT2D eigenvalue weighted by atomic mass is 35.5. The van der Waals surface area contributed by atoms with Gasteiger partial charge in [-0.05, 0) is 36.4 Å². The summed E-state index contributed by atoms with van der Waals surface area (Å²) in [7, 11) is 0. The zero-order valence-electron chi connectivity index (χ0n) is 16.2. The Balaban J connectivity index is 2.10. The van der Waals surface area contributed by atoms with E-state index in [0.717, 1.165) is 12.1 Å². The summed E-state index contributed by atoms with van der Waals surface area (Å²) in [6.45, 7) is -0.594. The second-order valence-electron chi connectivity index (χ2n) is 7.06. The van der Waals surface area contributed by atoms with Gasteiger partial charge in [0.15, 0.2) is 0 Å². The molecule has 0 saturated carbocycles. The van der Waals surface area contributed by atoms with Crippen molar-refractivity contribution < 1.29 is 13.9 Å². The molecule has 31 heavy (non-hydrogen) atoms. The summed E-state index contributed by atoms with van der Waals surface area (Å²) in [4.78, 5) is 13.5. The molecule has 0 amide bonds. The van der Waals surface area contributed by atoms with Gasteiger partial charge in [0.25, 0.3) is 5.56 Å². The monoisotopic (exact) mass is 459 g/mol. The number of hydrogen-bond acceptors (Lipinski definition) is 2. The minimum absolute atomic E-state index is 0.0433. The molecule has 0 aliphatic rings. The van der Waals surface area contributed by atoms with Crippen molar-refractivity contribution in [1.29, 1.82) is 0 Å². The first-order valence-corrected chi connectivity index (χ1v) is 10.3. The lowest BCUT2D eigenvalue weighted by atomic mass is 9.94. The molecule has 0 atom stereocenters. The van der Waals surface area contributed by atoms with Gasteiger partial charge in [0, 0.05) is 50.7 Å². The van der Waals surface area contributed by atoms with E-state index in [0.29, 0.717) is 37.6 Å². The number of halogens is 4. The van der Waals surface area contributed by atoms with Crippen LogP contribution in [-0.2, 0) is 13.0 Å². The summed E-state index contributed by atoms with van der Waals surface area (Å²) < 4.78 is 30.0. The van der Waals surface area contributed by atoms with Crippen LogP contribution in [0, 0.1) is 11.6 Å². The standard InChI is InChI=1S/C24H17Cl2F2NO2/c25-14-8-9-22-17(12-14)23(15-4-1-2-5-19(15)26)16(10-11-30)24(31)29(22)13-18-20(27)6-3-7-21(18)28/h1-9,12,30H,10-11,13H2. The summed E-state index contributed by atoms with van der Waals surface area (Å²) in [6.07, 6.45) is 0.0433. The van der Waals surface area contributed by atoms with Crippen LogP contribution in [0.1, 0.15) is 11.1 Å². The van der Waals surface area contributed by atoms with E-state index >= 15 is 0 Å². The van der Waals surface area contributed by atoms with Crippen LogP contribution in [0.2, 0.25) is 10.0 Å². The first kappa shape index (κ1) is 21.5. The van der Waals surface area contributed by atoms with Crippen molar-refractivity contribution in [2.24, 2.45) is 0 Å². The maximum Gasteiger partial charge on any atom is 0.255 e. The Morgan fingerprint density at radius 2 is 1.61 bits per heavy atom. The van der Waals surface area contributed by atoms with Gasteiger partial charge < -0.3 is 9.67 Å². The maximum atomic E-state index is 14.3. The van der Waals surface area contributed by atoms with Crippen LogP contribution in [-0.4, -0.2) is 16.3 Å². The van der Waals surface area contributed by atoms with Crippen LogP contribution in [0.3, 0.4) is 0 Å². The average Bonchev–Trinajstić information content (AvgIpc) is 2.74. The summed E-state index contributed by atoms with van der Waals surface area (Å²) in [5, 5.41) is 11.1. The molecule has 0 saturated heterocycles.